The molecule has 0 spiro atoms. The number of aryl methyl sites for hydroxylation is 1. The van der Waals surface area contributed by atoms with Crippen LogP contribution in [0.3, 0.4) is 0 Å². The number of nitrogens with zero attached hydrogens (tertiary/aromatic N) is 5. The van der Waals surface area contributed by atoms with E-state index in [1.807, 2.05) is 6.92 Å². The van der Waals surface area contributed by atoms with Gasteiger partial charge in [-0.1, -0.05) is 0 Å². The topological polar surface area (TPSA) is 83.9 Å². The van der Waals surface area contributed by atoms with Crippen LogP contribution in [-0.2, 0) is 6.18 Å². The van der Waals surface area contributed by atoms with E-state index >= 15 is 0 Å². The number of fused-ring (bicyclic) bond motifs is 3. The molecule has 7 nitrogen and oxygen atoms in total. The summed E-state index contributed by atoms with van der Waals surface area (Å²) < 4.78 is 51.9. The van der Waals surface area contributed by atoms with E-state index in [2.05, 4.69) is 25.3 Å². The van der Waals surface area contributed by atoms with Crippen molar-refractivity contribution in [1.82, 2.24) is 24.8 Å². The number of pyridine rings is 2. The monoisotopic (exact) mass is 486 g/mol. The summed E-state index contributed by atoms with van der Waals surface area (Å²) in [5.74, 6) is -0.0844. The van der Waals surface area contributed by atoms with Crippen molar-refractivity contribution in [3.05, 3.63) is 65.5 Å². The molecule has 1 N–H and O–H groups in total. The van der Waals surface area contributed by atoms with Crippen LogP contribution in [0, 0.1) is 18.7 Å². The van der Waals surface area contributed by atoms with Crippen LogP contribution in [0.25, 0.3) is 11.5 Å². The molecule has 182 valence electrons. The molecule has 5 heterocycles. The van der Waals surface area contributed by atoms with Crippen molar-refractivity contribution in [2.75, 3.05) is 11.9 Å². The minimum absolute atomic E-state index is 0.153. The van der Waals surface area contributed by atoms with Crippen molar-refractivity contribution in [2.45, 2.75) is 44.4 Å². The van der Waals surface area contributed by atoms with Crippen LogP contribution >= 0.6 is 0 Å². The average Bonchev–Trinajstić information content (AvgIpc) is 2.84. The normalized spacial score (nSPS) is 21.7. The molecule has 3 aromatic heterocycles. The Kier molecular flexibility index (Phi) is 5.86. The zero-order chi connectivity index (χ0) is 24.7. The van der Waals surface area contributed by atoms with Crippen LogP contribution in [0.5, 0.6) is 0 Å². The number of rotatable bonds is 4. The van der Waals surface area contributed by atoms with E-state index in [0.717, 1.165) is 49.5 Å². The lowest BCUT2D eigenvalue weighted by Gasteiger charge is -2.50. The Morgan fingerprint density at radius 1 is 1.06 bits per heavy atom. The lowest BCUT2D eigenvalue weighted by molar-refractivity contribution is -0.137. The summed E-state index contributed by atoms with van der Waals surface area (Å²) in [7, 11) is 0. The van der Waals surface area contributed by atoms with Crippen LogP contribution in [0.15, 0.2) is 43.0 Å². The summed E-state index contributed by atoms with van der Waals surface area (Å²) in [4.78, 5) is 31.8. The van der Waals surface area contributed by atoms with Gasteiger partial charge in [0.1, 0.15) is 11.5 Å². The first-order valence-electron chi connectivity index (χ1n) is 11.2. The Balaban J connectivity index is 1.40. The number of aromatic nitrogens is 4. The second kappa shape index (κ2) is 8.86. The number of carbonyl (C=O) groups excluding carboxylic acids is 1. The summed E-state index contributed by atoms with van der Waals surface area (Å²) >= 11 is 0. The standard InChI is InChI=1S/C24H22F4N6O/c1-13-6-17(21(30-8-13)22-31-10-16(25)11-32-22)23(35)34-12-14-2-4-19(34)18(7-14)33-20-5-3-15(9-29-20)24(26,27)28/h3,5-6,8-11,14,18-19H,2,4,7,12H2,1H3,(H,29,33). The van der Waals surface area contributed by atoms with Gasteiger partial charge in [-0.15, -0.1) is 0 Å². The van der Waals surface area contributed by atoms with Crippen LogP contribution in [0.1, 0.15) is 40.7 Å². The van der Waals surface area contributed by atoms with E-state index in [1.165, 1.54) is 6.07 Å². The van der Waals surface area contributed by atoms with Crippen LogP contribution in [0.2, 0.25) is 0 Å². The van der Waals surface area contributed by atoms with E-state index < -0.39 is 17.6 Å². The van der Waals surface area contributed by atoms with E-state index in [4.69, 9.17) is 0 Å². The molecule has 3 atom stereocenters. The van der Waals surface area contributed by atoms with Gasteiger partial charge in [0.25, 0.3) is 5.91 Å². The van der Waals surface area contributed by atoms with Crippen molar-refractivity contribution in [3.63, 3.8) is 0 Å². The number of halogens is 4. The molecule has 3 aliphatic rings. The fourth-order valence-corrected chi connectivity index (χ4v) is 4.92. The number of anilines is 1. The molecule has 1 aliphatic carbocycles. The average molecular weight is 486 g/mol. The zero-order valence-electron chi connectivity index (χ0n) is 18.8. The molecule has 2 aliphatic heterocycles. The maximum atomic E-state index is 13.7. The first-order valence-corrected chi connectivity index (χ1v) is 11.2. The van der Waals surface area contributed by atoms with Gasteiger partial charge in [0.2, 0.25) is 0 Å². The van der Waals surface area contributed by atoms with Crippen molar-refractivity contribution < 1.29 is 22.4 Å². The second-order valence-electron chi connectivity index (χ2n) is 9.02. The Morgan fingerprint density at radius 2 is 1.83 bits per heavy atom. The first-order chi connectivity index (χ1) is 16.7. The number of amides is 1. The second-order valence-corrected chi connectivity index (χ2v) is 9.02. The van der Waals surface area contributed by atoms with E-state index in [-0.39, 0.29) is 35.4 Å². The number of hydrogen-bond acceptors (Lipinski definition) is 6. The van der Waals surface area contributed by atoms with Crippen LogP contribution < -0.4 is 5.32 Å². The number of alkyl halides is 3. The molecule has 1 amide bonds. The minimum Gasteiger partial charge on any atom is -0.365 e. The molecular formula is C24H22F4N6O. The minimum atomic E-state index is -4.45. The van der Waals surface area contributed by atoms with Crippen molar-refractivity contribution in [1.29, 1.82) is 0 Å². The molecule has 1 saturated carbocycles. The maximum Gasteiger partial charge on any atom is 0.417 e. The fourth-order valence-electron chi connectivity index (χ4n) is 4.92. The smallest absolute Gasteiger partial charge is 0.365 e. The molecule has 0 aromatic carbocycles. The quantitative estimate of drug-likeness (QED) is 0.547. The van der Waals surface area contributed by atoms with Crippen molar-refractivity contribution in [3.8, 4) is 11.5 Å². The van der Waals surface area contributed by atoms with Gasteiger partial charge in [-0.2, -0.15) is 13.2 Å². The third-order valence-corrected chi connectivity index (χ3v) is 6.55. The zero-order valence-corrected chi connectivity index (χ0v) is 18.8. The van der Waals surface area contributed by atoms with Gasteiger partial charge >= 0.3 is 6.18 Å². The first kappa shape index (κ1) is 23.1. The SMILES string of the molecule is Cc1cnc(-c2ncc(F)cn2)c(C(=O)N2CC3CCC2C(Nc2ccc(C(F)(F)F)cn2)C3)c1. The highest BCUT2D eigenvalue weighted by molar-refractivity contribution is 5.99. The highest BCUT2D eigenvalue weighted by atomic mass is 19.4. The molecule has 2 saturated heterocycles. The Morgan fingerprint density at radius 3 is 2.49 bits per heavy atom. The van der Waals surface area contributed by atoms with Crippen LogP contribution in [0.4, 0.5) is 23.4 Å². The fraction of sp³-hybridized carbons (Fsp3) is 0.375. The van der Waals surface area contributed by atoms with Gasteiger partial charge in [-0.05, 0) is 55.9 Å². The van der Waals surface area contributed by atoms with E-state index in [1.54, 1.807) is 17.2 Å². The summed E-state index contributed by atoms with van der Waals surface area (Å²) in [5.41, 5.74) is 0.573. The predicted octanol–water partition coefficient (Wildman–Crippen LogP) is 4.51. The largest absolute Gasteiger partial charge is 0.417 e. The van der Waals surface area contributed by atoms with Crippen molar-refractivity contribution >= 4 is 11.7 Å². The lowest BCUT2D eigenvalue weighted by atomic mass is 9.76. The molecule has 11 heteroatoms. The third-order valence-electron chi connectivity index (χ3n) is 6.55. The summed E-state index contributed by atoms with van der Waals surface area (Å²) in [5, 5.41) is 3.24. The van der Waals surface area contributed by atoms with Crippen molar-refractivity contribution in [2.24, 2.45) is 5.92 Å². The maximum absolute atomic E-state index is 13.7. The summed E-state index contributed by atoms with van der Waals surface area (Å²) in [6.45, 7) is 2.39. The summed E-state index contributed by atoms with van der Waals surface area (Å²) in [6.07, 6.45) is 2.52. The number of carbonyl (C=O) groups is 1. The Labute approximate surface area is 198 Å². The van der Waals surface area contributed by atoms with Gasteiger partial charge in [-0.25, -0.2) is 19.3 Å². The molecule has 6 rings (SSSR count). The van der Waals surface area contributed by atoms with Gasteiger partial charge in [0.05, 0.1) is 29.6 Å². The molecule has 3 aromatic rings. The highest BCUT2D eigenvalue weighted by Crippen LogP contribution is 2.38. The highest BCUT2D eigenvalue weighted by Gasteiger charge is 2.44. The van der Waals surface area contributed by atoms with Gasteiger partial charge in [0, 0.05) is 25.0 Å². The van der Waals surface area contributed by atoms with E-state index in [0.29, 0.717) is 17.9 Å². The van der Waals surface area contributed by atoms with Gasteiger partial charge in [-0.3, -0.25) is 9.78 Å². The van der Waals surface area contributed by atoms with Crippen LogP contribution in [-0.4, -0.2) is 49.4 Å². The Bertz CT molecular complexity index is 1230. The lowest BCUT2D eigenvalue weighted by Crippen LogP contribution is -2.59. The van der Waals surface area contributed by atoms with E-state index in [9.17, 15) is 22.4 Å². The number of piperidine rings is 2. The molecule has 0 radical (unpaired) electrons. The molecule has 3 fully saturated rings. The molecule has 2 bridgehead atoms. The summed E-state index contributed by atoms with van der Waals surface area (Å²) in [6, 6.07) is 3.70. The van der Waals surface area contributed by atoms with Gasteiger partial charge < -0.3 is 10.2 Å². The number of nitrogens with one attached hydrogen (secondary N) is 1. The molecule has 35 heavy (non-hydrogen) atoms. The third kappa shape index (κ3) is 4.67. The van der Waals surface area contributed by atoms with Gasteiger partial charge in [0.15, 0.2) is 11.6 Å². The molecular weight excluding hydrogens is 464 g/mol. The predicted molar refractivity (Wildman–Crippen MR) is 119 cm³/mol. The molecule has 3 unspecified atom stereocenters. The Hall–Kier alpha value is -3.63. The number of hydrogen-bond donors (Lipinski definition) is 1.